The molecule has 0 aliphatic carbocycles. The van der Waals surface area contributed by atoms with Gasteiger partial charge >= 0.3 is 0 Å². The molecule has 0 fully saturated rings. The Labute approximate surface area is 281 Å². The molecule has 0 bridgehead atoms. The zero-order valence-electron chi connectivity index (χ0n) is 26.2. The summed E-state index contributed by atoms with van der Waals surface area (Å²) in [5, 5.41) is 15.1. The predicted molar refractivity (Wildman–Crippen MR) is 199 cm³/mol. The third-order valence-electron chi connectivity index (χ3n) is 9.22. The molecular formula is C43H26N6. The summed E-state index contributed by atoms with van der Waals surface area (Å²) in [6.07, 6.45) is 0. The van der Waals surface area contributed by atoms with Gasteiger partial charge in [-0.25, -0.2) is 15.0 Å². The van der Waals surface area contributed by atoms with Gasteiger partial charge in [0.25, 0.3) is 0 Å². The molecule has 6 nitrogen and oxygen atoms in total. The SMILES string of the molecule is c1ccc(-c2ccc3ccc4ccc(-c5cccc(-c6nc7ccccc7c7c6ccc6nn(-c8ccccc8)nc67)c5)nc4c3n2)cc1. The van der Waals surface area contributed by atoms with Crippen molar-refractivity contribution in [1.29, 1.82) is 0 Å². The minimum atomic E-state index is 0.837. The Morgan fingerprint density at radius 2 is 1.02 bits per heavy atom. The fourth-order valence-electron chi connectivity index (χ4n) is 6.84. The van der Waals surface area contributed by atoms with Gasteiger partial charge in [-0.05, 0) is 48.5 Å². The van der Waals surface area contributed by atoms with Crippen molar-refractivity contribution in [2.24, 2.45) is 0 Å². The van der Waals surface area contributed by atoms with E-state index in [2.05, 4.69) is 97.1 Å². The number of hydrogen-bond donors (Lipinski definition) is 0. The van der Waals surface area contributed by atoms with Crippen molar-refractivity contribution in [3.05, 3.63) is 158 Å². The molecule has 4 aromatic heterocycles. The van der Waals surface area contributed by atoms with Gasteiger partial charge in [0.05, 0.1) is 39.3 Å². The van der Waals surface area contributed by atoms with Crippen molar-refractivity contribution in [1.82, 2.24) is 29.9 Å². The van der Waals surface area contributed by atoms with E-state index in [4.69, 9.17) is 25.1 Å². The second kappa shape index (κ2) is 10.9. The van der Waals surface area contributed by atoms with Crippen LogP contribution in [0.5, 0.6) is 0 Å². The Kier molecular flexibility index (Phi) is 6.08. The Morgan fingerprint density at radius 1 is 0.388 bits per heavy atom. The van der Waals surface area contributed by atoms with E-state index in [1.165, 1.54) is 0 Å². The van der Waals surface area contributed by atoms with E-state index in [0.29, 0.717) is 0 Å². The zero-order valence-corrected chi connectivity index (χ0v) is 26.2. The first kappa shape index (κ1) is 27.3. The van der Waals surface area contributed by atoms with Gasteiger partial charge in [-0.2, -0.15) is 4.80 Å². The number of benzene rings is 6. The van der Waals surface area contributed by atoms with Crippen LogP contribution in [0.3, 0.4) is 0 Å². The first-order valence-electron chi connectivity index (χ1n) is 16.3. The smallest absolute Gasteiger partial charge is 0.122 e. The molecule has 6 aromatic carbocycles. The van der Waals surface area contributed by atoms with Crippen molar-refractivity contribution in [2.45, 2.75) is 0 Å². The highest BCUT2D eigenvalue weighted by atomic mass is 15.5. The lowest BCUT2D eigenvalue weighted by Crippen LogP contribution is -1.97. The van der Waals surface area contributed by atoms with E-state index in [1.807, 2.05) is 60.7 Å². The maximum absolute atomic E-state index is 5.22. The number of rotatable bonds is 4. The highest BCUT2D eigenvalue weighted by Gasteiger charge is 2.17. The van der Waals surface area contributed by atoms with Crippen LogP contribution in [0.25, 0.3) is 94.0 Å². The molecule has 10 aromatic rings. The van der Waals surface area contributed by atoms with Crippen molar-refractivity contribution in [3.63, 3.8) is 0 Å². The summed E-state index contributed by atoms with van der Waals surface area (Å²) in [5.41, 5.74) is 11.1. The molecule has 49 heavy (non-hydrogen) atoms. The number of hydrogen-bond acceptors (Lipinski definition) is 5. The Balaban J connectivity index is 1.15. The van der Waals surface area contributed by atoms with Crippen LogP contribution in [0.15, 0.2) is 158 Å². The van der Waals surface area contributed by atoms with E-state index in [-0.39, 0.29) is 0 Å². The van der Waals surface area contributed by atoms with Crippen LogP contribution >= 0.6 is 0 Å². The summed E-state index contributed by atoms with van der Waals surface area (Å²) >= 11 is 0. The normalized spacial score (nSPS) is 11.7. The standard InChI is InChI=1S/C43H26N6/c1-3-10-27(11-4-1)35-23-20-28-18-19-29-21-24-36(45-42(29)41(28)44-35)30-12-9-13-31(26-30)40-34-22-25-38-43(39(34)33-16-7-8-17-37(33)46-40)48-49(47-38)32-14-5-2-6-15-32/h1-26H. The fourth-order valence-corrected chi connectivity index (χ4v) is 6.84. The third-order valence-corrected chi connectivity index (χ3v) is 9.22. The average Bonchev–Trinajstić information content (AvgIpc) is 3.63. The number of aromatic nitrogens is 6. The van der Waals surface area contributed by atoms with Gasteiger partial charge in [0, 0.05) is 43.6 Å². The molecule has 0 atom stereocenters. The van der Waals surface area contributed by atoms with Crippen molar-refractivity contribution in [2.75, 3.05) is 0 Å². The molecule has 0 amide bonds. The lowest BCUT2D eigenvalue weighted by Gasteiger charge is -2.12. The molecule has 6 heteroatoms. The Morgan fingerprint density at radius 3 is 1.80 bits per heavy atom. The largest absolute Gasteiger partial charge is 0.247 e. The number of para-hydroxylation sites is 2. The van der Waals surface area contributed by atoms with Gasteiger partial charge in [-0.1, -0.05) is 109 Å². The van der Waals surface area contributed by atoms with E-state index in [0.717, 1.165) is 94.0 Å². The first-order valence-corrected chi connectivity index (χ1v) is 16.3. The topological polar surface area (TPSA) is 69.4 Å². The second-order valence-corrected chi connectivity index (χ2v) is 12.2. The van der Waals surface area contributed by atoms with Gasteiger partial charge in [0.2, 0.25) is 0 Å². The quantitative estimate of drug-likeness (QED) is 0.182. The molecule has 0 saturated heterocycles. The van der Waals surface area contributed by atoms with Crippen LogP contribution in [0, 0.1) is 0 Å². The average molecular weight is 627 g/mol. The highest BCUT2D eigenvalue weighted by molar-refractivity contribution is 6.20. The lowest BCUT2D eigenvalue weighted by molar-refractivity contribution is 0.766. The van der Waals surface area contributed by atoms with E-state index < -0.39 is 0 Å². The molecule has 0 radical (unpaired) electrons. The molecule has 0 spiro atoms. The summed E-state index contributed by atoms with van der Waals surface area (Å²) in [5.74, 6) is 0. The van der Waals surface area contributed by atoms with Crippen LogP contribution < -0.4 is 0 Å². The zero-order chi connectivity index (χ0) is 32.3. The maximum Gasteiger partial charge on any atom is 0.122 e. The molecule has 0 saturated carbocycles. The Hall–Kier alpha value is -6.79. The Bertz CT molecular complexity index is 2880. The van der Waals surface area contributed by atoms with E-state index in [9.17, 15) is 0 Å². The lowest BCUT2D eigenvalue weighted by atomic mass is 9.97. The third kappa shape index (κ3) is 4.53. The van der Waals surface area contributed by atoms with Crippen molar-refractivity contribution >= 4 is 54.5 Å². The number of nitrogens with zero attached hydrogens (tertiary/aromatic N) is 6. The fraction of sp³-hybridized carbons (Fsp3) is 0. The van der Waals surface area contributed by atoms with E-state index in [1.54, 1.807) is 4.80 Å². The summed E-state index contributed by atoms with van der Waals surface area (Å²) in [4.78, 5) is 17.3. The summed E-state index contributed by atoms with van der Waals surface area (Å²) in [6.45, 7) is 0. The summed E-state index contributed by atoms with van der Waals surface area (Å²) in [6, 6.07) is 53.9. The minimum Gasteiger partial charge on any atom is -0.247 e. The summed E-state index contributed by atoms with van der Waals surface area (Å²) < 4.78 is 0. The first-order chi connectivity index (χ1) is 24.3. The van der Waals surface area contributed by atoms with Crippen molar-refractivity contribution < 1.29 is 0 Å². The molecule has 10 rings (SSSR count). The molecule has 4 heterocycles. The molecule has 0 aliphatic rings. The van der Waals surface area contributed by atoms with Gasteiger partial charge in [0.1, 0.15) is 11.0 Å². The van der Waals surface area contributed by atoms with Gasteiger partial charge < -0.3 is 0 Å². The van der Waals surface area contributed by atoms with Crippen LogP contribution in [-0.4, -0.2) is 29.9 Å². The maximum atomic E-state index is 5.22. The van der Waals surface area contributed by atoms with Crippen LogP contribution in [-0.2, 0) is 0 Å². The van der Waals surface area contributed by atoms with Gasteiger partial charge in [0.15, 0.2) is 0 Å². The molecule has 0 N–H and O–H groups in total. The molecule has 0 aliphatic heterocycles. The van der Waals surface area contributed by atoms with E-state index >= 15 is 0 Å². The highest BCUT2D eigenvalue weighted by Crippen LogP contribution is 2.37. The van der Waals surface area contributed by atoms with Crippen LogP contribution in [0.1, 0.15) is 0 Å². The molecule has 0 unspecified atom stereocenters. The van der Waals surface area contributed by atoms with Gasteiger partial charge in [-0.3, -0.25) is 0 Å². The van der Waals surface area contributed by atoms with Crippen molar-refractivity contribution in [3.8, 4) is 39.5 Å². The van der Waals surface area contributed by atoms with Gasteiger partial charge in [-0.15, -0.1) is 10.2 Å². The number of fused-ring (bicyclic) bond motifs is 8. The van der Waals surface area contributed by atoms with Crippen LogP contribution in [0.2, 0.25) is 0 Å². The number of pyridine rings is 3. The monoisotopic (exact) mass is 626 g/mol. The van der Waals surface area contributed by atoms with Crippen LogP contribution in [0.4, 0.5) is 0 Å². The molecular weight excluding hydrogens is 601 g/mol. The summed E-state index contributed by atoms with van der Waals surface area (Å²) in [7, 11) is 0. The second-order valence-electron chi connectivity index (χ2n) is 12.2. The molecule has 228 valence electrons. The minimum absolute atomic E-state index is 0.837. The predicted octanol–water partition coefficient (Wildman–Crippen LogP) is 10.2.